The molecule has 1 aliphatic heterocycles. The van der Waals surface area contributed by atoms with Gasteiger partial charge in [0.15, 0.2) is 6.23 Å². The highest BCUT2D eigenvalue weighted by Crippen LogP contribution is 2.38. The fourth-order valence-corrected chi connectivity index (χ4v) is 2.17. The molecule has 0 N–H and O–H groups in total. The number of ether oxygens (including phenoxy) is 1. The zero-order chi connectivity index (χ0) is 10.9. The molecule has 1 aromatic rings. The Bertz CT molecular complexity index is 325. The van der Waals surface area contributed by atoms with Gasteiger partial charge in [-0.1, -0.05) is 53.0 Å². The van der Waals surface area contributed by atoms with Crippen molar-refractivity contribution >= 4 is 40.5 Å². The summed E-state index contributed by atoms with van der Waals surface area (Å²) < 4.78 is 3.99. The lowest BCUT2D eigenvalue weighted by Gasteiger charge is -2.29. The van der Waals surface area contributed by atoms with Crippen LogP contribution >= 0.6 is 34.8 Å². The number of anilines is 1. The standard InChI is InChI=1S/C10H10Cl3NO/c11-10(12,13)9-14(6-7-15-9)8-4-2-1-3-5-8/h1-5,9H,6-7H2. The van der Waals surface area contributed by atoms with Gasteiger partial charge in [-0.15, -0.1) is 0 Å². The second-order valence-electron chi connectivity index (χ2n) is 3.29. The molecule has 1 heterocycles. The van der Waals surface area contributed by atoms with Crippen LogP contribution in [-0.2, 0) is 4.74 Å². The number of alkyl halides is 3. The normalized spacial score (nSPS) is 22.1. The molecule has 0 amide bonds. The summed E-state index contributed by atoms with van der Waals surface area (Å²) in [5, 5.41) is 0. The molecule has 2 nitrogen and oxygen atoms in total. The summed E-state index contributed by atoms with van der Waals surface area (Å²) in [6.45, 7) is 1.32. The number of benzene rings is 1. The minimum atomic E-state index is -1.42. The number of hydrogen-bond acceptors (Lipinski definition) is 2. The summed E-state index contributed by atoms with van der Waals surface area (Å²) in [6.07, 6.45) is -0.509. The van der Waals surface area contributed by atoms with Gasteiger partial charge in [-0.25, -0.2) is 0 Å². The SMILES string of the molecule is ClC(Cl)(Cl)C1OCCN1c1ccccc1. The van der Waals surface area contributed by atoms with Gasteiger partial charge >= 0.3 is 0 Å². The molecule has 0 saturated carbocycles. The van der Waals surface area contributed by atoms with Crippen LogP contribution in [0.1, 0.15) is 0 Å². The van der Waals surface area contributed by atoms with Gasteiger partial charge in [0.25, 0.3) is 0 Å². The van der Waals surface area contributed by atoms with Crippen LogP contribution in [0.15, 0.2) is 30.3 Å². The van der Waals surface area contributed by atoms with E-state index in [1.165, 1.54) is 0 Å². The predicted molar refractivity (Wildman–Crippen MR) is 63.8 cm³/mol. The minimum Gasteiger partial charge on any atom is -0.352 e. The summed E-state index contributed by atoms with van der Waals surface area (Å²) in [5.41, 5.74) is 1.01. The van der Waals surface area contributed by atoms with Crippen LogP contribution in [0.3, 0.4) is 0 Å². The monoisotopic (exact) mass is 265 g/mol. The lowest BCUT2D eigenvalue weighted by atomic mass is 10.3. The largest absolute Gasteiger partial charge is 0.352 e. The van der Waals surface area contributed by atoms with Gasteiger partial charge in [-0.2, -0.15) is 0 Å². The van der Waals surface area contributed by atoms with Gasteiger partial charge in [0.05, 0.1) is 6.61 Å². The van der Waals surface area contributed by atoms with E-state index in [9.17, 15) is 0 Å². The summed E-state index contributed by atoms with van der Waals surface area (Å²) in [7, 11) is 0. The Morgan fingerprint density at radius 2 is 1.87 bits per heavy atom. The molecule has 0 aliphatic carbocycles. The Balaban J connectivity index is 2.23. The molecule has 1 aliphatic rings. The molecule has 82 valence electrons. The van der Waals surface area contributed by atoms with Crippen molar-refractivity contribution in [3.63, 3.8) is 0 Å². The third-order valence-corrected chi connectivity index (χ3v) is 2.82. The van der Waals surface area contributed by atoms with Gasteiger partial charge in [0.2, 0.25) is 3.79 Å². The highest BCUT2D eigenvalue weighted by Gasteiger charge is 2.41. The van der Waals surface area contributed by atoms with Crippen molar-refractivity contribution in [2.24, 2.45) is 0 Å². The predicted octanol–water partition coefficient (Wildman–Crippen LogP) is 3.22. The molecule has 1 aromatic carbocycles. The molecule has 1 atom stereocenters. The van der Waals surface area contributed by atoms with Gasteiger partial charge in [0.1, 0.15) is 0 Å². The first-order valence-corrected chi connectivity index (χ1v) is 5.72. The number of rotatable bonds is 1. The molecule has 15 heavy (non-hydrogen) atoms. The van der Waals surface area contributed by atoms with E-state index in [-0.39, 0.29) is 0 Å². The molecule has 1 unspecified atom stereocenters. The lowest BCUT2D eigenvalue weighted by Crippen LogP contribution is -2.40. The summed E-state index contributed by atoms with van der Waals surface area (Å²) in [5.74, 6) is 0. The second-order valence-corrected chi connectivity index (χ2v) is 5.66. The highest BCUT2D eigenvalue weighted by atomic mass is 35.6. The number of para-hydroxylation sites is 1. The molecule has 0 bridgehead atoms. The molecule has 2 rings (SSSR count). The van der Waals surface area contributed by atoms with Crippen molar-refractivity contribution < 1.29 is 4.74 Å². The van der Waals surface area contributed by atoms with Crippen LogP contribution in [0, 0.1) is 0 Å². The first kappa shape index (κ1) is 11.3. The molecule has 5 heteroatoms. The maximum Gasteiger partial charge on any atom is 0.234 e. The highest BCUT2D eigenvalue weighted by molar-refractivity contribution is 6.68. The molecule has 0 aromatic heterocycles. The van der Waals surface area contributed by atoms with E-state index in [0.717, 1.165) is 12.2 Å². The summed E-state index contributed by atoms with van der Waals surface area (Å²) >= 11 is 17.5. The van der Waals surface area contributed by atoms with E-state index in [1.807, 2.05) is 35.2 Å². The van der Waals surface area contributed by atoms with Gasteiger partial charge in [0, 0.05) is 12.2 Å². The van der Waals surface area contributed by atoms with E-state index in [4.69, 9.17) is 39.5 Å². The fraction of sp³-hybridized carbons (Fsp3) is 0.400. The Labute approximate surface area is 104 Å². The smallest absolute Gasteiger partial charge is 0.234 e. The minimum absolute atomic E-state index is 0.509. The van der Waals surface area contributed by atoms with Crippen molar-refractivity contribution in [3.8, 4) is 0 Å². The Hall–Kier alpha value is -0.150. The van der Waals surface area contributed by atoms with Gasteiger partial charge < -0.3 is 9.64 Å². The first-order chi connectivity index (χ1) is 7.09. The van der Waals surface area contributed by atoms with E-state index in [1.54, 1.807) is 0 Å². The maximum atomic E-state index is 5.85. The van der Waals surface area contributed by atoms with Crippen LogP contribution in [0.25, 0.3) is 0 Å². The lowest BCUT2D eigenvalue weighted by molar-refractivity contribution is 0.116. The molecule has 0 spiro atoms. The third-order valence-electron chi connectivity index (χ3n) is 2.26. The van der Waals surface area contributed by atoms with Crippen LogP contribution in [0.4, 0.5) is 5.69 Å². The van der Waals surface area contributed by atoms with Crippen molar-refractivity contribution in [2.45, 2.75) is 10.0 Å². The Morgan fingerprint density at radius 1 is 1.20 bits per heavy atom. The zero-order valence-corrected chi connectivity index (χ0v) is 10.1. The fourth-order valence-electron chi connectivity index (χ4n) is 1.63. The molecule has 1 fully saturated rings. The van der Waals surface area contributed by atoms with Crippen LogP contribution < -0.4 is 4.90 Å². The van der Waals surface area contributed by atoms with Crippen molar-refractivity contribution in [3.05, 3.63) is 30.3 Å². The maximum absolute atomic E-state index is 5.85. The molecular formula is C10H10Cl3NO. The Morgan fingerprint density at radius 3 is 2.47 bits per heavy atom. The molecule has 1 saturated heterocycles. The van der Waals surface area contributed by atoms with Crippen LogP contribution in [-0.4, -0.2) is 23.2 Å². The van der Waals surface area contributed by atoms with Crippen molar-refractivity contribution in [1.82, 2.24) is 0 Å². The average Bonchev–Trinajstić information content (AvgIpc) is 2.67. The number of nitrogens with zero attached hydrogens (tertiary/aromatic N) is 1. The van der Waals surface area contributed by atoms with Crippen LogP contribution in [0.2, 0.25) is 0 Å². The first-order valence-electron chi connectivity index (χ1n) is 4.59. The molecular weight excluding hydrogens is 256 g/mol. The van der Waals surface area contributed by atoms with E-state index in [2.05, 4.69) is 0 Å². The Kier molecular flexibility index (Phi) is 3.31. The van der Waals surface area contributed by atoms with Gasteiger partial charge in [-0.05, 0) is 12.1 Å². The third kappa shape index (κ3) is 2.51. The topological polar surface area (TPSA) is 12.5 Å². The van der Waals surface area contributed by atoms with Gasteiger partial charge in [-0.3, -0.25) is 0 Å². The van der Waals surface area contributed by atoms with E-state index < -0.39 is 10.0 Å². The van der Waals surface area contributed by atoms with E-state index in [0.29, 0.717) is 6.61 Å². The summed E-state index contributed by atoms with van der Waals surface area (Å²) in [4.78, 5) is 1.95. The van der Waals surface area contributed by atoms with Crippen molar-refractivity contribution in [1.29, 1.82) is 0 Å². The quantitative estimate of drug-likeness (QED) is 0.724. The van der Waals surface area contributed by atoms with Crippen molar-refractivity contribution in [2.75, 3.05) is 18.1 Å². The number of hydrogen-bond donors (Lipinski definition) is 0. The second kappa shape index (κ2) is 4.38. The van der Waals surface area contributed by atoms with Crippen LogP contribution in [0.5, 0.6) is 0 Å². The van der Waals surface area contributed by atoms with E-state index >= 15 is 0 Å². The zero-order valence-electron chi connectivity index (χ0n) is 7.87. The molecule has 0 radical (unpaired) electrons. The average molecular weight is 267 g/mol. The summed E-state index contributed by atoms with van der Waals surface area (Å²) in [6, 6.07) is 9.78. The number of halogens is 3.